The Kier molecular flexibility index (Phi) is 7.32. The van der Waals surface area contributed by atoms with Gasteiger partial charge in [0.25, 0.3) is 5.91 Å². The number of methoxy groups -OCH3 is 1. The number of anilines is 1. The number of carbonyl (C=O) groups is 1. The standard InChI is InChI=1S/C22H19BrClN3O3/c1-29-20-11-14(12-26-27-22(28)15-6-8-17(25)9-7-15)10-18(23)21(20)30-13-16-4-2-3-5-19(16)24/h2-12H,13,25H2,1H3,(H,27,28)/b26-12+. The Morgan fingerprint density at radius 3 is 2.63 bits per heavy atom. The Morgan fingerprint density at radius 1 is 1.20 bits per heavy atom. The lowest BCUT2D eigenvalue weighted by molar-refractivity contribution is 0.0955. The smallest absolute Gasteiger partial charge is 0.271 e. The Balaban J connectivity index is 1.70. The summed E-state index contributed by atoms with van der Waals surface area (Å²) < 4.78 is 12.0. The first-order valence-corrected chi connectivity index (χ1v) is 10.1. The van der Waals surface area contributed by atoms with Crippen molar-refractivity contribution < 1.29 is 14.3 Å². The van der Waals surface area contributed by atoms with Crippen molar-refractivity contribution in [1.82, 2.24) is 5.43 Å². The van der Waals surface area contributed by atoms with Gasteiger partial charge in [0.2, 0.25) is 0 Å². The van der Waals surface area contributed by atoms with Crippen LogP contribution in [0.25, 0.3) is 0 Å². The lowest BCUT2D eigenvalue weighted by Gasteiger charge is -2.14. The summed E-state index contributed by atoms with van der Waals surface area (Å²) in [7, 11) is 1.55. The van der Waals surface area contributed by atoms with Crippen molar-refractivity contribution in [3.8, 4) is 11.5 Å². The van der Waals surface area contributed by atoms with Gasteiger partial charge in [0.05, 0.1) is 17.8 Å². The predicted molar refractivity (Wildman–Crippen MR) is 122 cm³/mol. The zero-order valence-corrected chi connectivity index (χ0v) is 18.4. The zero-order valence-electron chi connectivity index (χ0n) is 16.1. The van der Waals surface area contributed by atoms with E-state index >= 15 is 0 Å². The molecule has 0 unspecified atom stereocenters. The number of ether oxygens (including phenoxy) is 2. The first kappa shape index (κ1) is 21.7. The Bertz CT molecular complexity index is 1070. The summed E-state index contributed by atoms with van der Waals surface area (Å²) in [6, 6.07) is 17.6. The van der Waals surface area contributed by atoms with E-state index in [0.717, 1.165) is 5.56 Å². The SMILES string of the molecule is COc1cc(/C=N/NC(=O)c2ccc(N)cc2)cc(Br)c1OCc1ccccc1Cl. The van der Waals surface area contributed by atoms with Gasteiger partial charge in [0.1, 0.15) is 6.61 Å². The molecular weight excluding hydrogens is 470 g/mol. The molecule has 0 saturated carbocycles. The summed E-state index contributed by atoms with van der Waals surface area (Å²) >= 11 is 9.68. The van der Waals surface area contributed by atoms with E-state index in [4.69, 9.17) is 26.8 Å². The molecule has 154 valence electrons. The molecular formula is C22H19BrClN3O3. The molecule has 3 rings (SSSR count). The van der Waals surface area contributed by atoms with Crippen molar-refractivity contribution >= 4 is 45.3 Å². The molecule has 0 radical (unpaired) electrons. The van der Waals surface area contributed by atoms with Gasteiger partial charge in [-0.15, -0.1) is 0 Å². The molecule has 3 aromatic rings. The molecule has 3 N–H and O–H groups in total. The van der Waals surface area contributed by atoms with Gasteiger partial charge in [-0.05, 0) is 64.0 Å². The van der Waals surface area contributed by atoms with Gasteiger partial charge in [0, 0.05) is 21.8 Å². The highest BCUT2D eigenvalue weighted by molar-refractivity contribution is 9.10. The molecule has 30 heavy (non-hydrogen) atoms. The fourth-order valence-corrected chi connectivity index (χ4v) is 3.35. The average Bonchev–Trinajstić information content (AvgIpc) is 2.74. The van der Waals surface area contributed by atoms with E-state index in [-0.39, 0.29) is 5.91 Å². The van der Waals surface area contributed by atoms with E-state index in [0.29, 0.717) is 44.4 Å². The number of nitrogen functional groups attached to an aromatic ring is 1. The van der Waals surface area contributed by atoms with Crippen LogP contribution in [0.2, 0.25) is 5.02 Å². The molecule has 3 aromatic carbocycles. The molecule has 8 heteroatoms. The van der Waals surface area contributed by atoms with Crippen LogP contribution in [0.3, 0.4) is 0 Å². The molecule has 0 fully saturated rings. The number of hydrogen-bond donors (Lipinski definition) is 2. The van der Waals surface area contributed by atoms with Crippen LogP contribution in [0.4, 0.5) is 5.69 Å². The van der Waals surface area contributed by atoms with E-state index in [1.54, 1.807) is 37.4 Å². The minimum Gasteiger partial charge on any atom is -0.493 e. The summed E-state index contributed by atoms with van der Waals surface area (Å²) in [6.45, 7) is 0.291. The van der Waals surface area contributed by atoms with Crippen LogP contribution in [0.5, 0.6) is 11.5 Å². The molecule has 0 aliphatic rings. The molecule has 6 nitrogen and oxygen atoms in total. The lowest BCUT2D eigenvalue weighted by atomic mass is 10.2. The largest absolute Gasteiger partial charge is 0.493 e. The fourth-order valence-electron chi connectivity index (χ4n) is 2.58. The Hall–Kier alpha value is -3.03. The Labute approximate surface area is 187 Å². The van der Waals surface area contributed by atoms with Crippen LogP contribution in [0, 0.1) is 0 Å². The van der Waals surface area contributed by atoms with Crippen molar-refractivity contribution in [2.24, 2.45) is 5.10 Å². The number of carbonyl (C=O) groups excluding carboxylic acids is 1. The van der Waals surface area contributed by atoms with Gasteiger partial charge in [0.15, 0.2) is 11.5 Å². The molecule has 0 aliphatic heterocycles. The van der Waals surface area contributed by atoms with Gasteiger partial charge in [-0.3, -0.25) is 4.79 Å². The van der Waals surface area contributed by atoms with Crippen LogP contribution >= 0.6 is 27.5 Å². The van der Waals surface area contributed by atoms with E-state index in [1.807, 2.05) is 30.3 Å². The van der Waals surface area contributed by atoms with Crippen LogP contribution < -0.4 is 20.6 Å². The van der Waals surface area contributed by atoms with Gasteiger partial charge in [-0.25, -0.2) is 5.43 Å². The summed E-state index contributed by atoms with van der Waals surface area (Å²) in [5.41, 5.74) is 10.7. The summed E-state index contributed by atoms with van der Waals surface area (Å²) in [5.74, 6) is 0.722. The molecule has 0 aliphatic carbocycles. The third kappa shape index (κ3) is 5.52. The normalized spacial score (nSPS) is 10.8. The monoisotopic (exact) mass is 487 g/mol. The van der Waals surface area contributed by atoms with Gasteiger partial charge in [-0.2, -0.15) is 5.10 Å². The van der Waals surface area contributed by atoms with Gasteiger partial charge < -0.3 is 15.2 Å². The summed E-state index contributed by atoms with van der Waals surface area (Å²) in [5, 5.41) is 4.63. The number of nitrogens with one attached hydrogen (secondary N) is 1. The first-order valence-electron chi connectivity index (χ1n) is 8.90. The number of amides is 1. The predicted octanol–water partition coefficient (Wildman–Crippen LogP) is 5.04. The van der Waals surface area contributed by atoms with Crippen LogP contribution in [-0.2, 0) is 6.61 Å². The molecule has 0 bridgehead atoms. The fraction of sp³-hybridized carbons (Fsp3) is 0.0909. The van der Waals surface area contributed by atoms with Gasteiger partial charge in [-0.1, -0.05) is 29.8 Å². The van der Waals surface area contributed by atoms with E-state index in [2.05, 4.69) is 26.5 Å². The summed E-state index contributed by atoms with van der Waals surface area (Å²) in [4.78, 5) is 12.1. The number of nitrogens with two attached hydrogens (primary N) is 1. The highest BCUT2D eigenvalue weighted by Gasteiger charge is 2.12. The maximum absolute atomic E-state index is 12.1. The van der Waals surface area contributed by atoms with Crippen molar-refractivity contribution in [1.29, 1.82) is 0 Å². The second-order valence-electron chi connectivity index (χ2n) is 6.24. The highest BCUT2D eigenvalue weighted by atomic mass is 79.9. The maximum atomic E-state index is 12.1. The van der Waals surface area contributed by atoms with Crippen molar-refractivity contribution in [3.05, 3.63) is 86.8 Å². The zero-order chi connectivity index (χ0) is 21.5. The Morgan fingerprint density at radius 2 is 1.93 bits per heavy atom. The lowest BCUT2D eigenvalue weighted by Crippen LogP contribution is -2.17. The number of hydrazone groups is 1. The second kappa shape index (κ2) is 10.1. The molecule has 0 aromatic heterocycles. The maximum Gasteiger partial charge on any atom is 0.271 e. The van der Waals surface area contributed by atoms with Gasteiger partial charge >= 0.3 is 0 Å². The van der Waals surface area contributed by atoms with Crippen molar-refractivity contribution in [2.45, 2.75) is 6.61 Å². The quantitative estimate of drug-likeness (QED) is 0.277. The number of halogens is 2. The van der Waals surface area contributed by atoms with Crippen LogP contribution in [0.15, 0.2) is 70.2 Å². The molecule has 1 amide bonds. The minimum absolute atomic E-state index is 0.291. The third-order valence-corrected chi connectivity index (χ3v) is 5.09. The van der Waals surface area contributed by atoms with E-state index < -0.39 is 0 Å². The highest BCUT2D eigenvalue weighted by Crippen LogP contribution is 2.37. The summed E-state index contributed by atoms with van der Waals surface area (Å²) in [6.07, 6.45) is 1.51. The van der Waals surface area contributed by atoms with E-state index in [9.17, 15) is 4.79 Å². The molecule has 0 heterocycles. The molecule has 0 saturated heterocycles. The molecule has 0 spiro atoms. The van der Waals surface area contributed by atoms with E-state index in [1.165, 1.54) is 6.21 Å². The number of nitrogens with zero attached hydrogens (tertiary/aromatic N) is 1. The van der Waals surface area contributed by atoms with Crippen LogP contribution in [-0.4, -0.2) is 19.2 Å². The van der Waals surface area contributed by atoms with Crippen LogP contribution in [0.1, 0.15) is 21.5 Å². The third-order valence-electron chi connectivity index (χ3n) is 4.13. The number of benzene rings is 3. The number of hydrogen-bond acceptors (Lipinski definition) is 5. The average molecular weight is 489 g/mol. The molecule has 0 atom stereocenters. The second-order valence-corrected chi connectivity index (χ2v) is 7.50. The minimum atomic E-state index is -0.336. The topological polar surface area (TPSA) is 85.9 Å². The van der Waals surface area contributed by atoms with Crippen molar-refractivity contribution in [3.63, 3.8) is 0 Å². The first-order chi connectivity index (χ1) is 14.5. The van der Waals surface area contributed by atoms with Crippen molar-refractivity contribution in [2.75, 3.05) is 12.8 Å². The number of rotatable bonds is 7.